The summed E-state index contributed by atoms with van der Waals surface area (Å²) in [4.78, 5) is 37.1. The van der Waals surface area contributed by atoms with Crippen molar-refractivity contribution in [2.45, 2.75) is 57.5 Å². The second-order valence-corrected chi connectivity index (χ2v) is 12.1. The monoisotopic (exact) mass is 519 g/mol. The molecule has 2 aromatic heterocycles. The summed E-state index contributed by atoms with van der Waals surface area (Å²) in [6.07, 6.45) is 8.39. The summed E-state index contributed by atoms with van der Waals surface area (Å²) in [5, 5.41) is 15.4. The van der Waals surface area contributed by atoms with Crippen molar-refractivity contribution in [2.75, 3.05) is 51.2 Å². The van der Waals surface area contributed by atoms with Gasteiger partial charge in [0.05, 0.1) is 22.1 Å². The number of pyridine rings is 1. The molecule has 1 atom stereocenters. The normalized spacial score (nSPS) is 21.8. The van der Waals surface area contributed by atoms with Gasteiger partial charge in [-0.1, -0.05) is 12.1 Å². The summed E-state index contributed by atoms with van der Waals surface area (Å²) in [6, 6.07) is 6.63. The van der Waals surface area contributed by atoms with Crippen molar-refractivity contribution in [3.05, 3.63) is 35.5 Å². The summed E-state index contributed by atoms with van der Waals surface area (Å²) in [5.41, 5.74) is 2.62. The van der Waals surface area contributed by atoms with E-state index in [1.54, 1.807) is 6.20 Å². The van der Waals surface area contributed by atoms with E-state index in [1.165, 1.54) is 5.56 Å². The highest BCUT2D eigenvalue weighted by Crippen LogP contribution is 2.40. The van der Waals surface area contributed by atoms with Crippen molar-refractivity contribution >= 4 is 40.2 Å². The first kappa shape index (κ1) is 26.8. The average molecular weight is 520 g/mol. The zero-order valence-corrected chi connectivity index (χ0v) is 22.9. The summed E-state index contributed by atoms with van der Waals surface area (Å²) in [7, 11) is 1.92. The van der Waals surface area contributed by atoms with Crippen LogP contribution in [0.2, 0.25) is 0 Å². The molecule has 3 aromatic rings. The maximum atomic E-state index is 12.2. The molecular formula is C30H41N5O3. The molecule has 4 heterocycles. The summed E-state index contributed by atoms with van der Waals surface area (Å²) in [6.45, 7) is 8.65. The van der Waals surface area contributed by atoms with Crippen LogP contribution in [0.25, 0.3) is 21.8 Å². The van der Waals surface area contributed by atoms with E-state index < -0.39 is 11.0 Å². The van der Waals surface area contributed by atoms with Crippen molar-refractivity contribution in [3.8, 4) is 0 Å². The molecule has 1 unspecified atom stereocenters. The van der Waals surface area contributed by atoms with Gasteiger partial charge in [0.25, 0.3) is 0 Å². The molecule has 3 N–H and O–H groups in total. The average Bonchev–Trinajstić information content (AvgIpc) is 3.30. The minimum atomic E-state index is -0.676. The van der Waals surface area contributed by atoms with E-state index in [2.05, 4.69) is 38.3 Å². The van der Waals surface area contributed by atoms with Crippen molar-refractivity contribution in [1.29, 1.82) is 0 Å². The Balaban J connectivity index is 1.47. The zero-order valence-electron chi connectivity index (χ0n) is 22.9. The van der Waals surface area contributed by atoms with Crippen LogP contribution < -0.4 is 10.2 Å². The standard InChI is InChI=1S/C30H41N5O3/c1-29(2,38)18-34-13-7-21(8-14-34)22-5-6-24-25(15-22)33-27-23(17-36)16-32-28(26(24)27)35-12-4-9-30(19-35,20-37)10-11-31-3/h5-6,15-17,20-21,31,33,38H,4,7-14,18-19H2,1-3H3. The Morgan fingerprint density at radius 1 is 1.24 bits per heavy atom. The lowest BCUT2D eigenvalue weighted by Crippen LogP contribution is -2.46. The Morgan fingerprint density at radius 3 is 2.71 bits per heavy atom. The van der Waals surface area contributed by atoms with Crippen LogP contribution in [0.1, 0.15) is 67.8 Å². The quantitative estimate of drug-likeness (QED) is 0.369. The molecule has 2 fully saturated rings. The fourth-order valence-electron chi connectivity index (χ4n) is 6.55. The molecule has 0 aliphatic carbocycles. The highest BCUT2D eigenvalue weighted by atomic mass is 16.3. The number of anilines is 1. The number of hydrogen-bond donors (Lipinski definition) is 3. The van der Waals surface area contributed by atoms with E-state index in [4.69, 9.17) is 4.98 Å². The van der Waals surface area contributed by atoms with Gasteiger partial charge in [0.2, 0.25) is 0 Å². The van der Waals surface area contributed by atoms with Crippen molar-refractivity contribution in [1.82, 2.24) is 20.2 Å². The molecule has 0 spiro atoms. The number of benzene rings is 1. The van der Waals surface area contributed by atoms with Gasteiger partial charge in [0.15, 0.2) is 6.29 Å². The molecule has 2 saturated heterocycles. The number of aromatic nitrogens is 2. The van der Waals surface area contributed by atoms with Crippen LogP contribution in [-0.4, -0.2) is 84.5 Å². The van der Waals surface area contributed by atoms with Crippen LogP contribution in [-0.2, 0) is 4.79 Å². The Kier molecular flexibility index (Phi) is 7.58. The van der Waals surface area contributed by atoms with Gasteiger partial charge in [-0.2, -0.15) is 0 Å². The van der Waals surface area contributed by atoms with E-state index in [0.717, 1.165) is 98.5 Å². The van der Waals surface area contributed by atoms with Crippen LogP contribution in [0.3, 0.4) is 0 Å². The van der Waals surface area contributed by atoms with Gasteiger partial charge in [-0.25, -0.2) is 4.98 Å². The number of aliphatic hydroxyl groups is 1. The maximum absolute atomic E-state index is 12.2. The van der Waals surface area contributed by atoms with Gasteiger partial charge in [-0.3, -0.25) is 4.79 Å². The molecule has 2 aliphatic heterocycles. The molecule has 5 rings (SSSR count). The van der Waals surface area contributed by atoms with Crippen molar-refractivity contribution < 1.29 is 14.7 Å². The van der Waals surface area contributed by atoms with Crippen LogP contribution in [0, 0.1) is 5.41 Å². The Morgan fingerprint density at radius 2 is 2.03 bits per heavy atom. The third-order valence-electron chi connectivity index (χ3n) is 8.49. The zero-order chi connectivity index (χ0) is 26.9. The predicted molar refractivity (Wildman–Crippen MR) is 152 cm³/mol. The number of rotatable bonds is 9. The number of aldehydes is 2. The Bertz CT molecular complexity index is 1300. The third-order valence-corrected chi connectivity index (χ3v) is 8.49. The number of carbonyl (C=O) groups is 2. The molecule has 0 radical (unpaired) electrons. The molecule has 0 bridgehead atoms. The molecule has 38 heavy (non-hydrogen) atoms. The van der Waals surface area contributed by atoms with Crippen LogP contribution in [0.4, 0.5) is 5.82 Å². The third kappa shape index (κ3) is 5.35. The van der Waals surface area contributed by atoms with Gasteiger partial charge >= 0.3 is 0 Å². The number of β-amino-alcohol motifs (C(OH)–C–C–N with tert-alkyl or cyclic N) is 1. The number of carbonyl (C=O) groups excluding carboxylic acids is 2. The number of piperidine rings is 2. The number of nitrogens with one attached hydrogen (secondary N) is 2. The lowest BCUT2D eigenvalue weighted by Gasteiger charge is -2.40. The lowest BCUT2D eigenvalue weighted by atomic mass is 9.78. The van der Waals surface area contributed by atoms with E-state index in [9.17, 15) is 14.7 Å². The van der Waals surface area contributed by atoms with E-state index >= 15 is 0 Å². The molecule has 0 amide bonds. The van der Waals surface area contributed by atoms with Crippen LogP contribution >= 0.6 is 0 Å². The molecule has 0 saturated carbocycles. The van der Waals surface area contributed by atoms with Gasteiger partial charge in [-0.05, 0) is 90.2 Å². The van der Waals surface area contributed by atoms with Crippen LogP contribution in [0.15, 0.2) is 24.4 Å². The predicted octanol–water partition coefficient (Wildman–Crippen LogP) is 3.87. The molecule has 8 heteroatoms. The van der Waals surface area contributed by atoms with Crippen LogP contribution in [0.5, 0.6) is 0 Å². The highest BCUT2D eigenvalue weighted by molar-refractivity contribution is 6.16. The SMILES string of the molecule is CNCCC1(C=O)CCCN(c2ncc(C=O)c3[nH]c4cc(C5CCN(CC(C)(C)O)CC5)ccc4c23)C1. The fourth-order valence-corrected chi connectivity index (χ4v) is 6.55. The smallest absolute Gasteiger partial charge is 0.153 e. The summed E-state index contributed by atoms with van der Waals surface area (Å²) >= 11 is 0. The topological polar surface area (TPSA) is 102 Å². The fraction of sp³-hybridized carbons (Fsp3) is 0.567. The van der Waals surface area contributed by atoms with Crippen molar-refractivity contribution in [3.63, 3.8) is 0 Å². The number of nitrogens with zero attached hydrogens (tertiary/aromatic N) is 3. The number of aromatic amines is 1. The molecule has 2 aliphatic rings. The first-order valence-corrected chi connectivity index (χ1v) is 14.0. The molecular weight excluding hydrogens is 478 g/mol. The number of H-pyrrole nitrogens is 1. The second-order valence-electron chi connectivity index (χ2n) is 12.1. The molecule has 204 valence electrons. The molecule has 8 nitrogen and oxygen atoms in total. The van der Waals surface area contributed by atoms with Gasteiger partial charge in [0.1, 0.15) is 12.1 Å². The van der Waals surface area contributed by atoms with Crippen molar-refractivity contribution in [2.24, 2.45) is 5.41 Å². The Hall–Kier alpha value is -2.81. The Labute approximate surface area is 224 Å². The summed E-state index contributed by atoms with van der Waals surface area (Å²) in [5.74, 6) is 1.31. The maximum Gasteiger partial charge on any atom is 0.153 e. The van der Waals surface area contributed by atoms with E-state index in [1.807, 2.05) is 20.9 Å². The number of fused-ring (bicyclic) bond motifs is 3. The minimum Gasteiger partial charge on any atom is -0.389 e. The van der Waals surface area contributed by atoms with Gasteiger partial charge in [0, 0.05) is 42.1 Å². The molecule has 1 aromatic carbocycles. The second kappa shape index (κ2) is 10.8. The summed E-state index contributed by atoms with van der Waals surface area (Å²) < 4.78 is 0. The number of hydrogen-bond acceptors (Lipinski definition) is 7. The van der Waals surface area contributed by atoms with Gasteiger partial charge in [-0.15, -0.1) is 0 Å². The minimum absolute atomic E-state index is 0.391. The largest absolute Gasteiger partial charge is 0.389 e. The lowest BCUT2D eigenvalue weighted by molar-refractivity contribution is -0.117. The first-order chi connectivity index (χ1) is 18.3. The first-order valence-electron chi connectivity index (χ1n) is 14.0. The highest BCUT2D eigenvalue weighted by Gasteiger charge is 2.36. The van der Waals surface area contributed by atoms with E-state index in [0.29, 0.717) is 24.6 Å². The number of likely N-dealkylation sites (tertiary alicyclic amines) is 1. The van der Waals surface area contributed by atoms with E-state index in [-0.39, 0.29) is 0 Å². The van der Waals surface area contributed by atoms with Gasteiger partial charge < -0.3 is 30.0 Å².